The van der Waals surface area contributed by atoms with Crippen molar-refractivity contribution in [1.29, 1.82) is 0 Å². The van der Waals surface area contributed by atoms with Crippen molar-refractivity contribution in [3.8, 4) is 0 Å². The molecule has 0 saturated heterocycles. The number of hydrogen-bond donors (Lipinski definition) is 0. The molecule has 0 bridgehead atoms. The van der Waals surface area contributed by atoms with Gasteiger partial charge in [-0.2, -0.15) is 0 Å². The average molecular weight is 396 g/mol. The molecule has 23 heavy (non-hydrogen) atoms. The highest BCUT2D eigenvalue weighted by Gasteiger charge is 2.41. The van der Waals surface area contributed by atoms with Gasteiger partial charge in [-0.15, -0.1) is 0 Å². The van der Waals surface area contributed by atoms with Gasteiger partial charge in [0.1, 0.15) is 10.5 Å². The molecule has 0 radical (unpaired) electrons. The third-order valence-electron chi connectivity index (χ3n) is 4.31. The molecule has 3 rings (SSSR count). The molecule has 1 unspecified atom stereocenters. The van der Waals surface area contributed by atoms with Crippen molar-refractivity contribution in [3.05, 3.63) is 58.4 Å². The topological polar surface area (TPSA) is 48.3 Å². The van der Waals surface area contributed by atoms with Gasteiger partial charge in [0.25, 0.3) is 0 Å². The maximum atomic E-state index is 13.3. The van der Waals surface area contributed by atoms with E-state index in [-0.39, 0.29) is 0 Å². The lowest BCUT2D eigenvalue weighted by molar-refractivity contribution is 0.299. The predicted molar refractivity (Wildman–Crippen MR) is 96.1 cm³/mol. The van der Waals surface area contributed by atoms with Gasteiger partial charge in [0.05, 0.1) is 17.1 Å². The highest BCUT2D eigenvalue weighted by atomic mass is 79.9. The highest BCUT2D eigenvalue weighted by molar-refractivity contribution is 9.11. The zero-order chi connectivity index (χ0) is 16.8. The van der Waals surface area contributed by atoms with Crippen LogP contribution in [0.1, 0.15) is 18.9 Å². The summed E-state index contributed by atoms with van der Waals surface area (Å²) in [7, 11) is -2.10. The van der Waals surface area contributed by atoms with E-state index in [0.717, 1.165) is 20.9 Å². The second kappa shape index (κ2) is 5.53. The van der Waals surface area contributed by atoms with Crippen LogP contribution >= 0.6 is 15.9 Å². The minimum absolute atomic E-state index is 0.383. The summed E-state index contributed by atoms with van der Waals surface area (Å²) in [6.07, 6.45) is 5.53. The van der Waals surface area contributed by atoms with E-state index in [1.54, 1.807) is 19.2 Å². The fraction of sp³-hybridized carbons (Fsp3) is 0.294. The summed E-state index contributed by atoms with van der Waals surface area (Å²) in [5, 5.41) is 0.917. The zero-order valence-electron chi connectivity index (χ0n) is 13.2. The summed E-state index contributed by atoms with van der Waals surface area (Å²) < 4.78 is 33.1. The number of aromatic nitrogens is 1. The van der Waals surface area contributed by atoms with E-state index >= 15 is 0 Å². The zero-order valence-corrected chi connectivity index (χ0v) is 15.6. The Bertz CT molecular complexity index is 940. The number of methoxy groups -OCH3 is 1. The van der Waals surface area contributed by atoms with Gasteiger partial charge < -0.3 is 4.74 Å². The Hall–Kier alpha value is -1.53. The number of halogens is 1. The van der Waals surface area contributed by atoms with Crippen LogP contribution in [-0.4, -0.2) is 24.2 Å². The number of ether oxygens (including phenoxy) is 1. The summed E-state index contributed by atoms with van der Waals surface area (Å²) in [6.45, 7) is 3.64. The number of allylic oxidation sites excluding steroid dienone is 2. The monoisotopic (exact) mass is 395 g/mol. The van der Waals surface area contributed by atoms with Crippen molar-refractivity contribution in [2.75, 3.05) is 7.11 Å². The molecule has 6 heteroatoms. The van der Waals surface area contributed by atoms with Crippen LogP contribution in [0.3, 0.4) is 0 Å². The molecule has 0 aliphatic heterocycles. The molecule has 1 aromatic carbocycles. The molecule has 1 heterocycles. The Balaban J connectivity index is 2.21. The fourth-order valence-electron chi connectivity index (χ4n) is 2.90. The van der Waals surface area contributed by atoms with Crippen LogP contribution in [-0.2, 0) is 14.8 Å². The third-order valence-corrected chi connectivity index (χ3v) is 7.31. The SMILES string of the molecule is COC1=CC(C)(S(=O)(=O)n2ccc3cccc(C)c32)CC=C1Br. The third kappa shape index (κ3) is 2.44. The van der Waals surface area contributed by atoms with Crippen LogP contribution in [0.15, 0.2) is 52.9 Å². The van der Waals surface area contributed by atoms with Gasteiger partial charge in [0, 0.05) is 11.6 Å². The minimum atomic E-state index is -3.64. The molecule has 2 aromatic rings. The van der Waals surface area contributed by atoms with Crippen molar-refractivity contribution >= 4 is 36.9 Å². The first-order valence-corrected chi connectivity index (χ1v) is 9.48. The molecule has 0 saturated carbocycles. The lowest BCUT2D eigenvalue weighted by Crippen LogP contribution is -2.38. The average Bonchev–Trinajstić information content (AvgIpc) is 2.96. The van der Waals surface area contributed by atoms with E-state index in [9.17, 15) is 8.42 Å². The molecular formula is C17H18BrNO3S. The maximum Gasteiger partial charge on any atom is 0.248 e. The van der Waals surface area contributed by atoms with Crippen LogP contribution in [0.4, 0.5) is 0 Å². The van der Waals surface area contributed by atoms with Gasteiger partial charge in [0.15, 0.2) is 0 Å². The first kappa shape index (κ1) is 16.3. The maximum absolute atomic E-state index is 13.3. The summed E-state index contributed by atoms with van der Waals surface area (Å²) >= 11 is 3.40. The van der Waals surface area contributed by atoms with Gasteiger partial charge in [-0.1, -0.05) is 24.3 Å². The van der Waals surface area contributed by atoms with E-state index in [1.807, 2.05) is 37.3 Å². The number of hydrogen-bond acceptors (Lipinski definition) is 3. The number of aryl methyl sites for hydroxylation is 1. The summed E-state index contributed by atoms with van der Waals surface area (Å²) in [4.78, 5) is 0. The fourth-order valence-corrected chi connectivity index (χ4v) is 5.05. The van der Waals surface area contributed by atoms with E-state index in [2.05, 4.69) is 15.9 Å². The van der Waals surface area contributed by atoms with Crippen LogP contribution in [0.5, 0.6) is 0 Å². The van der Waals surface area contributed by atoms with Gasteiger partial charge in [-0.25, -0.2) is 12.4 Å². The quantitative estimate of drug-likeness (QED) is 0.785. The lowest BCUT2D eigenvalue weighted by atomic mass is 10.0. The van der Waals surface area contributed by atoms with Crippen LogP contribution in [0.2, 0.25) is 0 Å². The Labute approximate surface area is 144 Å². The standard InChI is InChI=1S/C17H18BrNO3S/c1-12-5-4-6-13-8-10-19(16(12)13)23(20,21)17(2)9-7-14(18)15(11-17)22-3/h4-8,10-11H,9H2,1-3H3. The molecule has 0 spiro atoms. The normalized spacial score (nSPS) is 21.9. The van der Waals surface area contributed by atoms with Crippen molar-refractivity contribution in [3.63, 3.8) is 0 Å². The van der Waals surface area contributed by atoms with E-state index < -0.39 is 14.8 Å². The van der Waals surface area contributed by atoms with Crippen molar-refractivity contribution in [1.82, 2.24) is 3.97 Å². The summed E-state index contributed by atoms with van der Waals surface area (Å²) in [6, 6.07) is 7.60. The molecule has 4 nitrogen and oxygen atoms in total. The van der Waals surface area contributed by atoms with Gasteiger partial charge in [0.2, 0.25) is 10.0 Å². The molecule has 1 aliphatic carbocycles. The number of fused-ring (bicyclic) bond motifs is 1. The van der Waals surface area contributed by atoms with E-state index in [1.165, 1.54) is 11.1 Å². The molecule has 0 N–H and O–H groups in total. The first-order chi connectivity index (χ1) is 10.8. The van der Waals surface area contributed by atoms with E-state index in [0.29, 0.717) is 12.2 Å². The second-order valence-electron chi connectivity index (χ2n) is 5.91. The van der Waals surface area contributed by atoms with Gasteiger partial charge in [-0.05, 0) is 53.9 Å². The van der Waals surface area contributed by atoms with Crippen molar-refractivity contribution < 1.29 is 13.2 Å². The summed E-state index contributed by atoms with van der Waals surface area (Å²) in [5.74, 6) is 0.538. The highest BCUT2D eigenvalue weighted by Crippen LogP contribution is 2.37. The Morgan fingerprint density at radius 3 is 2.74 bits per heavy atom. The minimum Gasteiger partial charge on any atom is -0.496 e. The number of nitrogens with zero attached hydrogens (tertiary/aromatic N) is 1. The molecule has 1 aromatic heterocycles. The molecular weight excluding hydrogens is 378 g/mol. The van der Waals surface area contributed by atoms with Crippen LogP contribution in [0, 0.1) is 6.92 Å². The molecule has 0 amide bonds. The first-order valence-electron chi connectivity index (χ1n) is 7.25. The van der Waals surface area contributed by atoms with Crippen LogP contribution in [0.25, 0.3) is 10.9 Å². The Kier molecular flexibility index (Phi) is 3.92. The molecule has 122 valence electrons. The van der Waals surface area contributed by atoms with Gasteiger partial charge in [-0.3, -0.25) is 0 Å². The number of rotatable bonds is 3. The molecule has 0 fully saturated rings. The predicted octanol–water partition coefficient (Wildman–Crippen LogP) is 4.10. The molecule has 1 atom stereocenters. The molecule has 1 aliphatic rings. The van der Waals surface area contributed by atoms with Crippen molar-refractivity contribution in [2.45, 2.75) is 25.0 Å². The smallest absolute Gasteiger partial charge is 0.248 e. The van der Waals surface area contributed by atoms with Gasteiger partial charge >= 0.3 is 0 Å². The largest absolute Gasteiger partial charge is 0.496 e. The summed E-state index contributed by atoms with van der Waals surface area (Å²) in [5.41, 5.74) is 1.66. The van der Waals surface area contributed by atoms with Crippen LogP contribution < -0.4 is 0 Å². The second-order valence-corrected chi connectivity index (χ2v) is 9.04. The van der Waals surface area contributed by atoms with E-state index in [4.69, 9.17) is 4.74 Å². The lowest BCUT2D eigenvalue weighted by Gasteiger charge is -2.29. The Morgan fingerprint density at radius 1 is 1.30 bits per heavy atom. The van der Waals surface area contributed by atoms with Crippen molar-refractivity contribution in [2.24, 2.45) is 0 Å². The number of benzene rings is 1. The Morgan fingerprint density at radius 2 is 2.04 bits per heavy atom. The number of para-hydroxylation sites is 1.